The number of likely N-dealkylation sites (tertiary alicyclic amines) is 2. The molecule has 0 aliphatic carbocycles. The minimum Gasteiger partial charge on any atom is -0.390 e. The number of piperidine rings is 1. The highest BCUT2D eigenvalue weighted by molar-refractivity contribution is 5.16. The summed E-state index contributed by atoms with van der Waals surface area (Å²) in [4.78, 5) is 9.06. The number of rotatable bonds is 5. The van der Waals surface area contributed by atoms with Crippen LogP contribution in [0.15, 0.2) is 54.9 Å². The lowest BCUT2D eigenvalue weighted by molar-refractivity contribution is -0.0649. The monoisotopic (exact) mass is 351 g/mol. The predicted octanol–water partition coefficient (Wildman–Crippen LogP) is 2.73. The Labute approximate surface area is 156 Å². The van der Waals surface area contributed by atoms with Crippen LogP contribution in [0.4, 0.5) is 0 Å². The van der Waals surface area contributed by atoms with E-state index in [0.717, 1.165) is 52.0 Å². The van der Waals surface area contributed by atoms with E-state index < -0.39 is 0 Å². The molecule has 2 aliphatic rings. The number of nitrogens with zero attached hydrogens (tertiary/aromatic N) is 3. The number of aliphatic hydroxyl groups is 1. The smallest absolute Gasteiger partial charge is 0.0851 e. The zero-order valence-electron chi connectivity index (χ0n) is 15.4. The maximum Gasteiger partial charge on any atom is 0.0851 e. The van der Waals surface area contributed by atoms with Crippen LogP contribution >= 0.6 is 0 Å². The summed E-state index contributed by atoms with van der Waals surface area (Å²) >= 11 is 0. The summed E-state index contributed by atoms with van der Waals surface area (Å²) in [6, 6.07) is 14.8. The first-order valence-corrected chi connectivity index (χ1v) is 9.85. The van der Waals surface area contributed by atoms with Gasteiger partial charge in [0.05, 0.1) is 6.10 Å². The van der Waals surface area contributed by atoms with E-state index in [2.05, 4.69) is 57.2 Å². The van der Waals surface area contributed by atoms with E-state index in [0.29, 0.717) is 0 Å². The molecular formula is C22H29N3O. The van der Waals surface area contributed by atoms with Crippen LogP contribution in [-0.2, 0) is 13.0 Å². The third kappa shape index (κ3) is 3.68. The molecule has 0 amide bonds. The Morgan fingerprint density at radius 1 is 1.00 bits per heavy atom. The van der Waals surface area contributed by atoms with Gasteiger partial charge in [-0.25, -0.2) is 0 Å². The first kappa shape index (κ1) is 17.7. The molecule has 2 aliphatic heterocycles. The summed E-state index contributed by atoms with van der Waals surface area (Å²) in [5, 5.41) is 11.1. The van der Waals surface area contributed by atoms with E-state index >= 15 is 0 Å². The van der Waals surface area contributed by atoms with Crippen molar-refractivity contribution in [3.05, 3.63) is 66.0 Å². The molecular weight excluding hydrogens is 322 g/mol. The zero-order chi connectivity index (χ0) is 17.8. The highest BCUT2D eigenvalue weighted by Gasteiger charge is 2.48. The number of pyridine rings is 1. The second kappa shape index (κ2) is 7.87. The Hall–Kier alpha value is -1.75. The van der Waals surface area contributed by atoms with Crippen molar-refractivity contribution >= 4 is 0 Å². The van der Waals surface area contributed by atoms with Gasteiger partial charge in [0.15, 0.2) is 0 Å². The third-order valence-electron chi connectivity index (χ3n) is 6.25. The first-order valence-electron chi connectivity index (χ1n) is 9.85. The van der Waals surface area contributed by atoms with Gasteiger partial charge in [-0.1, -0.05) is 30.3 Å². The fraction of sp³-hybridized carbons (Fsp3) is 0.500. The summed E-state index contributed by atoms with van der Waals surface area (Å²) in [6.45, 7) is 4.89. The second-order valence-electron chi connectivity index (χ2n) is 7.79. The molecule has 1 N–H and O–H groups in total. The van der Waals surface area contributed by atoms with Crippen LogP contribution in [0, 0.1) is 0 Å². The quantitative estimate of drug-likeness (QED) is 0.899. The molecule has 26 heavy (non-hydrogen) atoms. The fourth-order valence-electron chi connectivity index (χ4n) is 4.77. The lowest BCUT2D eigenvalue weighted by atomic mass is 9.82. The van der Waals surface area contributed by atoms with Gasteiger partial charge < -0.3 is 5.11 Å². The molecule has 2 atom stereocenters. The van der Waals surface area contributed by atoms with Crippen LogP contribution in [-0.4, -0.2) is 57.7 Å². The van der Waals surface area contributed by atoms with Crippen molar-refractivity contribution in [3.63, 3.8) is 0 Å². The van der Waals surface area contributed by atoms with Crippen molar-refractivity contribution in [1.29, 1.82) is 0 Å². The van der Waals surface area contributed by atoms with Crippen molar-refractivity contribution in [2.75, 3.05) is 26.2 Å². The van der Waals surface area contributed by atoms with Crippen LogP contribution in [0.25, 0.3) is 0 Å². The number of aliphatic hydroxyl groups excluding tert-OH is 1. The minimum absolute atomic E-state index is 0.0104. The van der Waals surface area contributed by atoms with Gasteiger partial charge in [-0.05, 0) is 55.5 Å². The summed E-state index contributed by atoms with van der Waals surface area (Å²) < 4.78 is 0. The van der Waals surface area contributed by atoms with Crippen molar-refractivity contribution in [1.82, 2.24) is 14.8 Å². The molecule has 4 rings (SSSR count). The van der Waals surface area contributed by atoms with Crippen molar-refractivity contribution in [2.45, 2.75) is 43.9 Å². The van der Waals surface area contributed by atoms with Gasteiger partial charge >= 0.3 is 0 Å². The fourth-order valence-corrected chi connectivity index (χ4v) is 4.77. The van der Waals surface area contributed by atoms with Gasteiger partial charge in [-0.3, -0.25) is 14.8 Å². The molecule has 1 aromatic carbocycles. The normalized spacial score (nSPS) is 27.2. The number of β-amino-alcohol motifs (C(OH)–C–C–N with tert-alkyl or cyclic N) is 1. The first-order chi connectivity index (χ1) is 12.8. The SMILES string of the molecule is O[C@H]1CN(Cc2ccncc2)CC[C@@]12CCCN2CCc1ccccc1. The molecule has 0 saturated carbocycles. The maximum atomic E-state index is 11.1. The average molecular weight is 351 g/mol. The van der Waals surface area contributed by atoms with Gasteiger partial charge in [0.2, 0.25) is 0 Å². The minimum atomic E-state index is -0.267. The van der Waals surface area contributed by atoms with Crippen LogP contribution in [0.2, 0.25) is 0 Å². The lowest BCUT2D eigenvalue weighted by Crippen LogP contribution is -2.61. The van der Waals surface area contributed by atoms with Crippen LogP contribution in [0.1, 0.15) is 30.4 Å². The van der Waals surface area contributed by atoms with E-state index in [1.807, 2.05) is 12.4 Å². The molecule has 0 radical (unpaired) electrons. The van der Waals surface area contributed by atoms with Gasteiger partial charge in [0.25, 0.3) is 0 Å². The Bertz CT molecular complexity index is 693. The molecule has 2 fully saturated rings. The third-order valence-corrected chi connectivity index (χ3v) is 6.25. The largest absolute Gasteiger partial charge is 0.390 e. The number of aromatic nitrogens is 1. The van der Waals surface area contributed by atoms with Crippen molar-refractivity contribution < 1.29 is 5.11 Å². The van der Waals surface area contributed by atoms with E-state index in [1.54, 1.807) is 0 Å². The Balaban J connectivity index is 1.38. The second-order valence-corrected chi connectivity index (χ2v) is 7.79. The average Bonchev–Trinajstić information content (AvgIpc) is 3.09. The summed E-state index contributed by atoms with van der Waals surface area (Å²) in [5.74, 6) is 0. The highest BCUT2D eigenvalue weighted by atomic mass is 16.3. The van der Waals surface area contributed by atoms with E-state index in [1.165, 1.54) is 17.5 Å². The molecule has 4 heteroatoms. The molecule has 138 valence electrons. The van der Waals surface area contributed by atoms with Gasteiger partial charge in [0, 0.05) is 44.1 Å². The Morgan fingerprint density at radius 3 is 2.58 bits per heavy atom. The topological polar surface area (TPSA) is 39.6 Å². The van der Waals surface area contributed by atoms with Gasteiger partial charge in [-0.15, -0.1) is 0 Å². The van der Waals surface area contributed by atoms with Crippen molar-refractivity contribution in [3.8, 4) is 0 Å². The maximum absolute atomic E-state index is 11.1. The van der Waals surface area contributed by atoms with Crippen LogP contribution < -0.4 is 0 Å². The number of hydrogen-bond acceptors (Lipinski definition) is 4. The number of hydrogen-bond donors (Lipinski definition) is 1. The van der Waals surface area contributed by atoms with Crippen molar-refractivity contribution in [2.24, 2.45) is 0 Å². The van der Waals surface area contributed by atoms with Crippen LogP contribution in [0.3, 0.4) is 0 Å². The van der Waals surface area contributed by atoms with E-state index in [4.69, 9.17) is 0 Å². The van der Waals surface area contributed by atoms with Gasteiger partial charge in [0.1, 0.15) is 0 Å². The Kier molecular flexibility index (Phi) is 5.34. The van der Waals surface area contributed by atoms with E-state index in [-0.39, 0.29) is 11.6 Å². The standard InChI is InChI=1S/C22H29N3O/c26-21-18-24(17-20-7-12-23-13-8-20)16-11-22(21)10-4-14-25(22)15-9-19-5-2-1-3-6-19/h1-3,5-8,12-13,21,26H,4,9-11,14-18H2/t21-,22-/m0/s1. The summed E-state index contributed by atoms with van der Waals surface area (Å²) in [7, 11) is 0. The molecule has 2 saturated heterocycles. The lowest BCUT2D eigenvalue weighted by Gasteiger charge is -2.48. The molecule has 0 bridgehead atoms. The van der Waals surface area contributed by atoms with E-state index in [9.17, 15) is 5.11 Å². The molecule has 4 nitrogen and oxygen atoms in total. The van der Waals surface area contributed by atoms with Gasteiger partial charge in [-0.2, -0.15) is 0 Å². The molecule has 0 unspecified atom stereocenters. The predicted molar refractivity (Wildman–Crippen MR) is 104 cm³/mol. The summed E-state index contributed by atoms with van der Waals surface area (Å²) in [6.07, 6.45) is 7.89. The molecule has 1 spiro atoms. The van der Waals surface area contributed by atoms with Crippen LogP contribution in [0.5, 0.6) is 0 Å². The molecule has 1 aromatic heterocycles. The number of benzene rings is 1. The molecule has 3 heterocycles. The molecule has 2 aromatic rings. The summed E-state index contributed by atoms with van der Waals surface area (Å²) in [5.41, 5.74) is 2.65. The Morgan fingerprint density at radius 2 is 1.81 bits per heavy atom. The highest BCUT2D eigenvalue weighted by Crippen LogP contribution is 2.39. The zero-order valence-corrected chi connectivity index (χ0v) is 15.4.